The van der Waals surface area contributed by atoms with E-state index in [-0.39, 0.29) is 6.10 Å². The molecule has 2 atom stereocenters. The Labute approximate surface area is 121 Å². The van der Waals surface area contributed by atoms with Gasteiger partial charge in [-0.1, -0.05) is 6.92 Å². The van der Waals surface area contributed by atoms with Crippen LogP contribution in [0.1, 0.15) is 31.7 Å². The largest absolute Gasteiger partial charge is 0.392 e. The Morgan fingerprint density at radius 2 is 2.15 bits per heavy atom. The topological polar surface area (TPSA) is 52.5 Å². The lowest BCUT2D eigenvalue weighted by Crippen LogP contribution is -2.54. The molecular weight excluding hydrogens is 252 g/mol. The predicted octanol–water partition coefficient (Wildman–Crippen LogP) is 1.06. The number of aryl methyl sites for hydroxylation is 1. The summed E-state index contributed by atoms with van der Waals surface area (Å²) in [7, 11) is 0. The average Bonchev–Trinajstić information content (AvgIpc) is 2.42. The van der Waals surface area contributed by atoms with Crippen LogP contribution in [0, 0.1) is 6.92 Å². The fraction of sp³-hybridized carbons (Fsp3) is 0.733. The molecule has 1 fully saturated rings. The first kappa shape index (κ1) is 15.4. The van der Waals surface area contributed by atoms with Gasteiger partial charge in [0.15, 0.2) is 0 Å². The Hall–Kier alpha value is -1.04. The number of rotatable bonds is 5. The quantitative estimate of drug-likeness (QED) is 0.873. The summed E-state index contributed by atoms with van der Waals surface area (Å²) in [6, 6.07) is 0.525. The van der Waals surface area contributed by atoms with E-state index in [1.54, 1.807) is 0 Å². The molecule has 0 spiro atoms. The maximum absolute atomic E-state index is 9.57. The number of hydrogen-bond donors (Lipinski definition) is 1. The monoisotopic (exact) mass is 278 g/mol. The Morgan fingerprint density at radius 1 is 1.35 bits per heavy atom. The molecule has 0 radical (unpaired) electrons. The van der Waals surface area contributed by atoms with Crippen LogP contribution in [0.2, 0.25) is 0 Å². The summed E-state index contributed by atoms with van der Waals surface area (Å²) >= 11 is 0. The lowest BCUT2D eigenvalue weighted by Gasteiger charge is -2.41. The summed E-state index contributed by atoms with van der Waals surface area (Å²) in [5.74, 6) is 0. The third-order valence-corrected chi connectivity index (χ3v) is 3.88. The van der Waals surface area contributed by atoms with E-state index in [0.29, 0.717) is 6.04 Å². The van der Waals surface area contributed by atoms with Crippen molar-refractivity contribution in [1.82, 2.24) is 19.8 Å². The highest BCUT2D eigenvalue weighted by molar-refractivity contribution is 5.01. The van der Waals surface area contributed by atoms with Crippen molar-refractivity contribution in [2.24, 2.45) is 0 Å². The molecule has 1 aromatic heterocycles. The molecule has 0 bridgehead atoms. The second-order valence-corrected chi connectivity index (χ2v) is 5.79. The van der Waals surface area contributed by atoms with Gasteiger partial charge in [-0.15, -0.1) is 0 Å². The molecule has 1 aliphatic rings. The van der Waals surface area contributed by atoms with Crippen LogP contribution in [0.3, 0.4) is 0 Å². The molecule has 1 saturated heterocycles. The van der Waals surface area contributed by atoms with Gasteiger partial charge in [0.2, 0.25) is 0 Å². The highest BCUT2D eigenvalue weighted by Gasteiger charge is 2.26. The minimum Gasteiger partial charge on any atom is -0.392 e. The fourth-order valence-electron chi connectivity index (χ4n) is 2.80. The standard InChI is InChI=1S/C15H26N4O/c1-4-15-11-18(5-6-19(15)9-13(3)20)10-14-8-16-12(2)7-17-14/h7-8,13,15,20H,4-6,9-11H2,1-3H3/t13-,15+/m0/s1. The van der Waals surface area contributed by atoms with Crippen LogP contribution in [-0.2, 0) is 6.54 Å². The number of β-amino-alcohol motifs (C(OH)–C–C–N with tert-alkyl or cyclic N) is 1. The van der Waals surface area contributed by atoms with Crippen molar-refractivity contribution < 1.29 is 5.11 Å². The Balaban J connectivity index is 1.91. The maximum atomic E-state index is 9.57. The second-order valence-electron chi connectivity index (χ2n) is 5.79. The molecule has 112 valence electrons. The molecule has 2 rings (SSSR count). The van der Waals surface area contributed by atoms with Gasteiger partial charge in [-0.2, -0.15) is 0 Å². The molecule has 1 aliphatic heterocycles. The first-order valence-electron chi connectivity index (χ1n) is 7.50. The molecule has 5 heteroatoms. The van der Waals surface area contributed by atoms with Crippen molar-refractivity contribution in [2.45, 2.75) is 45.9 Å². The van der Waals surface area contributed by atoms with Crippen LogP contribution < -0.4 is 0 Å². The summed E-state index contributed by atoms with van der Waals surface area (Å²) < 4.78 is 0. The van der Waals surface area contributed by atoms with E-state index >= 15 is 0 Å². The number of aromatic nitrogens is 2. The first-order chi connectivity index (χ1) is 9.58. The molecule has 0 amide bonds. The van der Waals surface area contributed by atoms with E-state index in [9.17, 15) is 5.11 Å². The molecule has 0 unspecified atom stereocenters. The number of aliphatic hydroxyl groups excluding tert-OH is 1. The SMILES string of the molecule is CC[C@@H]1CN(Cc2cnc(C)cn2)CCN1C[C@H](C)O. The van der Waals surface area contributed by atoms with Crippen LogP contribution in [0.15, 0.2) is 12.4 Å². The zero-order valence-corrected chi connectivity index (χ0v) is 12.8. The van der Waals surface area contributed by atoms with Crippen molar-refractivity contribution in [1.29, 1.82) is 0 Å². The van der Waals surface area contributed by atoms with Crippen molar-refractivity contribution in [3.63, 3.8) is 0 Å². The third-order valence-electron chi connectivity index (χ3n) is 3.88. The van der Waals surface area contributed by atoms with Crippen molar-refractivity contribution in [2.75, 3.05) is 26.2 Å². The lowest BCUT2D eigenvalue weighted by molar-refractivity contribution is 0.0333. The minimum absolute atomic E-state index is 0.251. The van der Waals surface area contributed by atoms with Crippen LogP contribution >= 0.6 is 0 Å². The number of hydrogen-bond acceptors (Lipinski definition) is 5. The molecule has 2 heterocycles. The van der Waals surface area contributed by atoms with Crippen LogP contribution in [0.4, 0.5) is 0 Å². The zero-order valence-electron chi connectivity index (χ0n) is 12.8. The Morgan fingerprint density at radius 3 is 2.75 bits per heavy atom. The smallest absolute Gasteiger partial charge is 0.0727 e. The second kappa shape index (κ2) is 7.11. The minimum atomic E-state index is -0.251. The average molecular weight is 278 g/mol. The van der Waals surface area contributed by atoms with Gasteiger partial charge in [-0.25, -0.2) is 0 Å². The zero-order chi connectivity index (χ0) is 14.5. The van der Waals surface area contributed by atoms with Gasteiger partial charge >= 0.3 is 0 Å². The summed E-state index contributed by atoms with van der Waals surface area (Å²) in [5.41, 5.74) is 2.00. The summed E-state index contributed by atoms with van der Waals surface area (Å²) in [4.78, 5) is 13.6. The van der Waals surface area contributed by atoms with E-state index in [1.807, 2.05) is 26.2 Å². The van der Waals surface area contributed by atoms with Crippen molar-refractivity contribution in [3.8, 4) is 0 Å². The predicted molar refractivity (Wildman–Crippen MR) is 79.4 cm³/mol. The normalized spacial score (nSPS) is 22.9. The van der Waals surface area contributed by atoms with Crippen molar-refractivity contribution in [3.05, 3.63) is 23.8 Å². The van der Waals surface area contributed by atoms with Crippen molar-refractivity contribution >= 4 is 0 Å². The highest BCUT2D eigenvalue weighted by Crippen LogP contribution is 2.15. The first-order valence-corrected chi connectivity index (χ1v) is 7.50. The highest BCUT2D eigenvalue weighted by atomic mass is 16.3. The van der Waals surface area contributed by atoms with E-state index in [0.717, 1.165) is 50.5 Å². The summed E-state index contributed by atoms with van der Waals surface area (Å²) in [6.45, 7) is 10.8. The Kier molecular flexibility index (Phi) is 5.46. The molecule has 0 aromatic carbocycles. The molecule has 5 nitrogen and oxygen atoms in total. The molecule has 1 aromatic rings. The van der Waals surface area contributed by atoms with Crippen LogP contribution in [0.5, 0.6) is 0 Å². The van der Waals surface area contributed by atoms with Gasteiger partial charge in [0, 0.05) is 51.2 Å². The van der Waals surface area contributed by atoms with Gasteiger partial charge < -0.3 is 5.11 Å². The molecule has 0 aliphatic carbocycles. The molecular formula is C15H26N4O. The Bertz CT molecular complexity index is 407. The lowest BCUT2D eigenvalue weighted by atomic mass is 10.1. The molecule has 20 heavy (non-hydrogen) atoms. The van der Waals surface area contributed by atoms with E-state index in [1.165, 1.54) is 0 Å². The number of piperazine rings is 1. The van der Waals surface area contributed by atoms with Crippen LogP contribution in [-0.4, -0.2) is 63.2 Å². The number of nitrogens with zero attached hydrogens (tertiary/aromatic N) is 4. The van der Waals surface area contributed by atoms with Gasteiger partial charge in [-0.05, 0) is 20.3 Å². The van der Waals surface area contributed by atoms with Gasteiger partial charge in [0.25, 0.3) is 0 Å². The molecule has 1 N–H and O–H groups in total. The maximum Gasteiger partial charge on any atom is 0.0727 e. The van der Waals surface area contributed by atoms with E-state index in [2.05, 4.69) is 26.7 Å². The summed E-state index contributed by atoms with van der Waals surface area (Å²) in [5, 5.41) is 9.57. The number of aliphatic hydroxyl groups is 1. The molecule has 0 saturated carbocycles. The summed E-state index contributed by atoms with van der Waals surface area (Å²) in [6.07, 6.45) is 4.57. The van der Waals surface area contributed by atoms with Crippen LogP contribution in [0.25, 0.3) is 0 Å². The van der Waals surface area contributed by atoms with Gasteiger partial charge in [0.1, 0.15) is 0 Å². The van der Waals surface area contributed by atoms with Gasteiger partial charge in [0.05, 0.1) is 17.5 Å². The van der Waals surface area contributed by atoms with E-state index in [4.69, 9.17) is 0 Å². The fourth-order valence-corrected chi connectivity index (χ4v) is 2.80. The van der Waals surface area contributed by atoms with E-state index < -0.39 is 0 Å². The van der Waals surface area contributed by atoms with Gasteiger partial charge in [-0.3, -0.25) is 19.8 Å². The third kappa shape index (κ3) is 4.23.